The molecule has 2 heterocycles. The van der Waals surface area contributed by atoms with Gasteiger partial charge in [0.15, 0.2) is 15.7 Å². The van der Waals surface area contributed by atoms with Crippen molar-refractivity contribution in [1.82, 2.24) is 19.7 Å². The van der Waals surface area contributed by atoms with E-state index in [4.69, 9.17) is 0 Å². The Hall–Kier alpha value is -3.00. The monoisotopic (exact) mass is 396 g/mol. The molecule has 1 aliphatic heterocycles. The third kappa shape index (κ3) is 3.55. The van der Waals surface area contributed by atoms with E-state index >= 15 is 0 Å². The molecule has 1 amide bonds. The van der Waals surface area contributed by atoms with E-state index in [-0.39, 0.29) is 29.3 Å². The Labute approximate surface area is 163 Å². The van der Waals surface area contributed by atoms with Crippen molar-refractivity contribution in [2.24, 2.45) is 0 Å². The molecule has 2 aromatic carbocycles. The number of carbonyl (C=O) groups excluding carboxylic acids is 1. The van der Waals surface area contributed by atoms with Gasteiger partial charge in [-0.05, 0) is 18.6 Å². The van der Waals surface area contributed by atoms with Gasteiger partial charge in [-0.2, -0.15) is 0 Å². The van der Waals surface area contributed by atoms with Crippen molar-refractivity contribution in [3.05, 3.63) is 66.5 Å². The molecule has 0 saturated carbocycles. The number of para-hydroxylation sites is 1. The van der Waals surface area contributed by atoms with E-state index in [1.807, 2.05) is 60.7 Å². The highest BCUT2D eigenvalue weighted by atomic mass is 32.2. The molecule has 1 fully saturated rings. The molecule has 0 N–H and O–H groups in total. The van der Waals surface area contributed by atoms with E-state index in [1.54, 1.807) is 11.7 Å². The summed E-state index contributed by atoms with van der Waals surface area (Å²) in [6, 6.07) is 18.6. The van der Waals surface area contributed by atoms with Crippen molar-refractivity contribution in [2.75, 3.05) is 18.6 Å². The number of aromatic nitrogens is 3. The van der Waals surface area contributed by atoms with Crippen LogP contribution in [0.3, 0.4) is 0 Å². The number of hydrogen-bond acceptors (Lipinski definition) is 5. The van der Waals surface area contributed by atoms with Gasteiger partial charge in [0.25, 0.3) is 5.91 Å². The number of benzene rings is 2. The first-order chi connectivity index (χ1) is 13.4. The van der Waals surface area contributed by atoms with Crippen LogP contribution in [0.2, 0.25) is 0 Å². The third-order valence-electron chi connectivity index (χ3n) is 4.91. The Morgan fingerprint density at radius 2 is 1.71 bits per heavy atom. The van der Waals surface area contributed by atoms with E-state index in [9.17, 15) is 13.2 Å². The van der Waals surface area contributed by atoms with E-state index in [0.717, 1.165) is 11.3 Å². The predicted octanol–water partition coefficient (Wildman–Crippen LogP) is 2.19. The molecule has 8 heteroatoms. The highest BCUT2D eigenvalue weighted by Gasteiger charge is 2.34. The number of amides is 1. The molecule has 4 rings (SSSR count). The van der Waals surface area contributed by atoms with E-state index in [2.05, 4.69) is 10.1 Å². The first-order valence-corrected chi connectivity index (χ1v) is 10.8. The van der Waals surface area contributed by atoms with Gasteiger partial charge in [-0.3, -0.25) is 4.79 Å². The van der Waals surface area contributed by atoms with Crippen LogP contribution in [-0.2, 0) is 9.84 Å². The lowest BCUT2D eigenvalue weighted by Crippen LogP contribution is -2.38. The number of carbonyl (C=O) groups is 1. The number of sulfone groups is 1. The summed E-state index contributed by atoms with van der Waals surface area (Å²) < 4.78 is 25.2. The quantitative estimate of drug-likeness (QED) is 0.675. The molecule has 1 saturated heterocycles. The zero-order valence-electron chi connectivity index (χ0n) is 15.4. The molecule has 1 aromatic heterocycles. The highest BCUT2D eigenvalue weighted by Crippen LogP contribution is 2.23. The van der Waals surface area contributed by atoms with Crippen LogP contribution in [0.25, 0.3) is 17.1 Å². The predicted molar refractivity (Wildman–Crippen MR) is 106 cm³/mol. The van der Waals surface area contributed by atoms with Crippen molar-refractivity contribution < 1.29 is 13.2 Å². The molecule has 1 aliphatic rings. The Bertz CT molecular complexity index is 1040. The average molecular weight is 396 g/mol. The lowest BCUT2D eigenvalue weighted by molar-refractivity contribution is 0.0735. The second-order valence-electron chi connectivity index (χ2n) is 6.85. The van der Waals surface area contributed by atoms with Crippen molar-refractivity contribution in [2.45, 2.75) is 12.5 Å². The fourth-order valence-electron chi connectivity index (χ4n) is 3.33. The molecule has 0 bridgehead atoms. The zero-order valence-corrected chi connectivity index (χ0v) is 16.2. The minimum atomic E-state index is -3.09. The fourth-order valence-corrected chi connectivity index (χ4v) is 5.10. The molecule has 144 valence electrons. The summed E-state index contributed by atoms with van der Waals surface area (Å²) in [6.45, 7) is 0. The average Bonchev–Trinajstić information content (AvgIpc) is 3.32. The van der Waals surface area contributed by atoms with Gasteiger partial charge in [-0.15, -0.1) is 5.10 Å². The van der Waals surface area contributed by atoms with Gasteiger partial charge in [0.2, 0.25) is 5.82 Å². The lowest BCUT2D eigenvalue weighted by Gasteiger charge is -2.21. The van der Waals surface area contributed by atoms with Crippen LogP contribution in [0.1, 0.15) is 17.0 Å². The highest BCUT2D eigenvalue weighted by molar-refractivity contribution is 7.91. The fraction of sp³-hybridized carbons (Fsp3) is 0.250. The van der Waals surface area contributed by atoms with Crippen molar-refractivity contribution in [3.8, 4) is 17.1 Å². The second-order valence-corrected chi connectivity index (χ2v) is 9.07. The Morgan fingerprint density at radius 3 is 2.32 bits per heavy atom. The molecular formula is C20H20N4O3S. The molecule has 1 atom stereocenters. The lowest BCUT2D eigenvalue weighted by atomic mass is 10.2. The summed E-state index contributed by atoms with van der Waals surface area (Å²) in [5, 5.41) is 4.45. The van der Waals surface area contributed by atoms with Crippen LogP contribution in [-0.4, -0.2) is 58.6 Å². The van der Waals surface area contributed by atoms with Gasteiger partial charge < -0.3 is 4.90 Å². The van der Waals surface area contributed by atoms with Crippen molar-refractivity contribution in [3.63, 3.8) is 0 Å². The van der Waals surface area contributed by atoms with Crippen LogP contribution in [0.15, 0.2) is 60.7 Å². The maximum absolute atomic E-state index is 13.0. The molecule has 0 spiro atoms. The van der Waals surface area contributed by atoms with E-state index in [0.29, 0.717) is 12.2 Å². The maximum atomic E-state index is 13.0. The molecule has 0 unspecified atom stereocenters. The van der Waals surface area contributed by atoms with Crippen LogP contribution in [0.4, 0.5) is 0 Å². The van der Waals surface area contributed by atoms with Crippen LogP contribution in [0.5, 0.6) is 0 Å². The maximum Gasteiger partial charge on any atom is 0.293 e. The third-order valence-corrected chi connectivity index (χ3v) is 6.66. The van der Waals surface area contributed by atoms with Crippen LogP contribution in [0, 0.1) is 0 Å². The molecule has 7 nitrogen and oxygen atoms in total. The van der Waals surface area contributed by atoms with Crippen LogP contribution >= 0.6 is 0 Å². The van der Waals surface area contributed by atoms with Crippen molar-refractivity contribution >= 4 is 15.7 Å². The summed E-state index contributed by atoms with van der Waals surface area (Å²) in [7, 11) is -1.47. The van der Waals surface area contributed by atoms with Gasteiger partial charge in [0, 0.05) is 18.7 Å². The molecule has 28 heavy (non-hydrogen) atoms. The Morgan fingerprint density at radius 1 is 1.07 bits per heavy atom. The molecule has 0 aliphatic carbocycles. The number of nitrogens with zero attached hydrogens (tertiary/aromatic N) is 4. The summed E-state index contributed by atoms with van der Waals surface area (Å²) in [4.78, 5) is 18.9. The normalized spacial score (nSPS) is 18.1. The van der Waals surface area contributed by atoms with Gasteiger partial charge in [-0.25, -0.2) is 18.1 Å². The summed E-state index contributed by atoms with van der Waals surface area (Å²) in [5.41, 5.74) is 1.63. The summed E-state index contributed by atoms with van der Waals surface area (Å²) >= 11 is 0. The summed E-state index contributed by atoms with van der Waals surface area (Å²) in [6.07, 6.45) is 0.440. The van der Waals surface area contributed by atoms with Gasteiger partial charge in [0.1, 0.15) is 0 Å². The standard InChI is InChI=1S/C20H20N4O3S/c1-23(17-12-13-28(26,27)14-17)20(25)18-21-19(15-8-4-2-5-9-15)24(22-18)16-10-6-3-7-11-16/h2-11,17H,12-14H2,1H3/t17-/m1/s1. The molecular weight excluding hydrogens is 376 g/mol. The number of rotatable bonds is 4. The summed E-state index contributed by atoms with van der Waals surface area (Å²) in [5.74, 6) is 0.322. The van der Waals surface area contributed by atoms with E-state index in [1.165, 1.54) is 4.90 Å². The van der Waals surface area contributed by atoms with Gasteiger partial charge in [0.05, 0.1) is 17.2 Å². The number of hydrogen-bond donors (Lipinski definition) is 0. The SMILES string of the molecule is CN(C(=O)c1nc(-c2ccccc2)n(-c2ccccc2)n1)[C@@H]1CCS(=O)(=O)C1. The smallest absolute Gasteiger partial charge is 0.293 e. The minimum Gasteiger partial charge on any atom is -0.335 e. The second kappa shape index (κ2) is 7.20. The minimum absolute atomic E-state index is 0.0137. The van der Waals surface area contributed by atoms with Gasteiger partial charge >= 0.3 is 0 Å². The largest absolute Gasteiger partial charge is 0.335 e. The van der Waals surface area contributed by atoms with Crippen molar-refractivity contribution in [1.29, 1.82) is 0 Å². The van der Waals surface area contributed by atoms with Gasteiger partial charge in [-0.1, -0.05) is 48.5 Å². The molecule has 0 radical (unpaired) electrons. The molecule has 3 aromatic rings. The Balaban J connectivity index is 1.72. The van der Waals surface area contributed by atoms with E-state index < -0.39 is 9.84 Å². The van der Waals surface area contributed by atoms with Crippen LogP contribution < -0.4 is 0 Å². The first kappa shape index (κ1) is 18.4. The topological polar surface area (TPSA) is 85.2 Å². The zero-order chi connectivity index (χ0) is 19.7. The Kier molecular flexibility index (Phi) is 4.72. The first-order valence-electron chi connectivity index (χ1n) is 9.00.